The lowest BCUT2D eigenvalue weighted by Crippen LogP contribution is -1.97. The molecule has 1 atom stereocenters. The fourth-order valence-electron chi connectivity index (χ4n) is 0.374. The molecule has 0 rings (SSSR count). The van der Waals surface area contributed by atoms with Crippen LogP contribution in [0.25, 0.3) is 0 Å². The first-order valence-corrected chi connectivity index (χ1v) is 4.23. The van der Waals surface area contributed by atoms with Crippen molar-refractivity contribution >= 4 is 11.8 Å². The van der Waals surface area contributed by atoms with Gasteiger partial charge in [0.15, 0.2) is 0 Å². The zero-order chi connectivity index (χ0) is 7.28. The van der Waals surface area contributed by atoms with Gasteiger partial charge in [-0.3, -0.25) is 0 Å². The molecule has 0 aromatic rings. The van der Waals surface area contributed by atoms with Crippen LogP contribution in [0.2, 0.25) is 0 Å². The van der Waals surface area contributed by atoms with Crippen LogP contribution in [-0.4, -0.2) is 11.0 Å². The van der Waals surface area contributed by atoms with Gasteiger partial charge in [-0.2, -0.15) is 17.0 Å². The van der Waals surface area contributed by atoms with E-state index in [1.165, 1.54) is 0 Å². The molecule has 0 bridgehead atoms. The van der Waals surface area contributed by atoms with Gasteiger partial charge in [0.25, 0.3) is 0 Å². The van der Waals surface area contributed by atoms with Crippen LogP contribution in [0, 0.1) is 17.2 Å². The summed E-state index contributed by atoms with van der Waals surface area (Å²) in [6, 6.07) is 2.20. The van der Waals surface area contributed by atoms with Gasteiger partial charge >= 0.3 is 0 Å². The van der Waals surface area contributed by atoms with Crippen molar-refractivity contribution in [1.29, 1.82) is 5.26 Å². The van der Waals surface area contributed by atoms with Crippen molar-refractivity contribution < 1.29 is 0 Å². The van der Waals surface area contributed by atoms with E-state index in [-0.39, 0.29) is 5.92 Å². The summed E-state index contributed by atoms with van der Waals surface area (Å²) in [6.45, 7) is 6.25. The van der Waals surface area contributed by atoms with Crippen molar-refractivity contribution in [1.82, 2.24) is 0 Å². The van der Waals surface area contributed by atoms with Gasteiger partial charge < -0.3 is 0 Å². The molecular weight excluding hydrogens is 130 g/mol. The van der Waals surface area contributed by atoms with Gasteiger partial charge in [-0.15, -0.1) is 0 Å². The van der Waals surface area contributed by atoms with Crippen LogP contribution in [0.4, 0.5) is 0 Å². The molecule has 0 aromatic carbocycles. The van der Waals surface area contributed by atoms with Gasteiger partial charge in [0, 0.05) is 5.75 Å². The highest BCUT2D eigenvalue weighted by Crippen LogP contribution is 2.12. The third-order valence-electron chi connectivity index (χ3n) is 0.900. The maximum atomic E-state index is 8.38. The Morgan fingerprint density at radius 1 is 1.44 bits per heavy atom. The smallest absolute Gasteiger partial charge is 0.0661 e. The topological polar surface area (TPSA) is 23.8 Å². The van der Waals surface area contributed by atoms with Crippen LogP contribution in [0.15, 0.2) is 0 Å². The third-order valence-corrected chi connectivity index (χ3v) is 2.26. The lowest BCUT2D eigenvalue weighted by atomic mass is 10.3. The number of nitrogens with zero attached hydrogens (tertiary/aromatic N) is 1. The number of thioether (sulfide) groups is 1. The van der Waals surface area contributed by atoms with Gasteiger partial charge in [-0.05, 0) is 12.2 Å². The van der Waals surface area contributed by atoms with E-state index < -0.39 is 0 Å². The van der Waals surface area contributed by atoms with E-state index in [0.29, 0.717) is 5.25 Å². The van der Waals surface area contributed by atoms with E-state index in [1.807, 2.05) is 18.7 Å². The molecule has 0 heterocycles. The largest absolute Gasteiger partial charge is 0.198 e. The predicted octanol–water partition coefficient (Wildman–Crippen LogP) is 2.29. The van der Waals surface area contributed by atoms with E-state index in [2.05, 4.69) is 19.9 Å². The molecule has 1 unspecified atom stereocenters. The van der Waals surface area contributed by atoms with Crippen molar-refractivity contribution in [2.45, 2.75) is 26.0 Å². The summed E-state index contributed by atoms with van der Waals surface area (Å²) in [5.74, 6) is 1.17. The molecule has 0 aliphatic carbocycles. The van der Waals surface area contributed by atoms with Gasteiger partial charge in [-0.25, -0.2) is 0 Å². The minimum absolute atomic E-state index is 0.206. The van der Waals surface area contributed by atoms with Crippen LogP contribution < -0.4 is 0 Å². The molecule has 0 radical (unpaired) electrons. The molecular formula is C7H13NS. The summed E-state index contributed by atoms with van der Waals surface area (Å²) < 4.78 is 0. The molecule has 2 heteroatoms. The molecule has 0 aliphatic heterocycles. The first-order valence-electron chi connectivity index (χ1n) is 3.18. The molecule has 0 amide bonds. The Bertz CT molecular complexity index is 104. The zero-order valence-corrected chi connectivity index (χ0v) is 7.03. The van der Waals surface area contributed by atoms with Gasteiger partial charge in [-0.1, -0.05) is 13.8 Å². The van der Waals surface area contributed by atoms with Gasteiger partial charge in [0.1, 0.15) is 0 Å². The van der Waals surface area contributed by atoms with Gasteiger partial charge in [0.2, 0.25) is 0 Å². The van der Waals surface area contributed by atoms with E-state index in [0.717, 1.165) is 5.75 Å². The Morgan fingerprint density at radius 2 is 2.00 bits per heavy atom. The normalized spacial score (nSPS) is 13.2. The SMILES string of the molecule is CC(C#N)CSC(C)C. The average molecular weight is 143 g/mol. The monoisotopic (exact) mass is 143 g/mol. The average Bonchev–Trinajstić information content (AvgIpc) is 1.83. The van der Waals surface area contributed by atoms with E-state index >= 15 is 0 Å². The van der Waals surface area contributed by atoms with Crippen molar-refractivity contribution in [2.24, 2.45) is 5.92 Å². The Morgan fingerprint density at radius 3 is 2.33 bits per heavy atom. The number of hydrogen-bond acceptors (Lipinski definition) is 2. The third kappa shape index (κ3) is 5.72. The number of nitriles is 1. The molecule has 1 nitrogen and oxygen atoms in total. The maximum Gasteiger partial charge on any atom is 0.0661 e. The summed E-state index contributed by atoms with van der Waals surface area (Å²) in [4.78, 5) is 0. The zero-order valence-electron chi connectivity index (χ0n) is 6.22. The van der Waals surface area contributed by atoms with E-state index in [9.17, 15) is 0 Å². The molecule has 0 aromatic heterocycles. The minimum atomic E-state index is 0.206. The van der Waals surface area contributed by atoms with Crippen molar-refractivity contribution in [3.63, 3.8) is 0 Å². The summed E-state index contributed by atoms with van der Waals surface area (Å²) in [6.07, 6.45) is 0. The van der Waals surface area contributed by atoms with E-state index in [1.54, 1.807) is 0 Å². The first-order chi connectivity index (χ1) is 4.16. The second-order valence-corrected chi connectivity index (χ2v) is 4.02. The molecule has 0 aliphatic rings. The second-order valence-electron chi connectivity index (χ2n) is 2.41. The lowest BCUT2D eigenvalue weighted by Gasteiger charge is -2.04. The maximum absolute atomic E-state index is 8.38. The number of hydrogen-bond donors (Lipinski definition) is 0. The lowest BCUT2D eigenvalue weighted by molar-refractivity contribution is 0.860. The number of rotatable bonds is 3. The minimum Gasteiger partial charge on any atom is -0.198 e. The molecule has 0 saturated carbocycles. The van der Waals surface area contributed by atoms with Crippen LogP contribution in [0.1, 0.15) is 20.8 Å². The second kappa shape index (κ2) is 4.69. The molecule has 9 heavy (non-hydrogen) atoms. The first kappa shape index (κ1) is 8.84. The van der Waals surface area contributed by atoms with Crippen molar-refractivity contribution in [3.05, 3.63) is 0 Å². The molecule has 0 N–H and O–H groups in total. The van der Waals surface area contributed by atoms with E-state index in [4.69, 9.17) is 5.26 Å². The highest BCUT2D eigenvalue weighted by atomic mass is 32.2. The fraction of sp³-hybridized carbons (Fsp3) is 0.857. The highest BCUT2D eigenvalue weighted by molar-refractivity contribution is 7.99. The van der Waals surface area contributed by atoms with Crippen LogP contribution >= 0.6 is 11.8 Å². The van der Waals surface area contributed by atoms with Crippen molar-refractivity contribution in [3.8, 4) is 6.07 Å². The quantitative estimate of drug-likeness (QED) is 0.605. The van der Waals surface area contributed by atoms with Crippen LogP contribution in [0.3, 0.4) is 0 Å². The van der Waals surface area contributed by atoms with Gasteiger partial charge in [0.05, 0.1) is 12.0 Å². The predicted molar refractivity (Wildman–Crippen MR) is 42.4 cm³/mol. The fourth-order valence-corrected chi connectivity index (χ4v) is 1.12. The summed E-state index contributed by atoms with van der Waals surface area (Å²) in [5, 5.41) is 9.04. The van der Waals surface area contributed by atoms with Crippen molar-refractivity contribution in [2.75, 3.05) is 5.75 Å². The summed E-state index contributed by atoms with van der Waals surface area (Å²) in [7, 11) is 0. The molecule has 0 spiro atoms. The Balaban J connectivity index is 3.19. The Kier molecular flexibility index (Phi) is 4.61. The Hall–Kier alpha value is -0.160. The molecule has 0 saturated heterocycles. The Labute approximate surface area is 61.4 Å². The molecule has 52 valence electrons. The standard InChI is InChI=1S/C7H13NS/c1-6(2)9-5-7(3)4-8/h6-7H,5H2,1-3H3. The summed E-state index contributed by atoms with van der Waals surface area (Å²) >= 11 is 1.84. The van der Waals surface area contributed by atoms with Crippen LogP contribution in [0.5, 0.6) is 0 Å². The van der Waals surface area contributed by atoms with Crippen LogP contribution in [-0.2, 0) is 0 Å². The molecule has 0 fully saturated rings. The highest BCUT2D eigenvalue weighted by Gasteiger charge is 2.00. The summed E-state index contributed by atoms with van der Waals surface area (Å²) in [5.41, 5.74) is 0.